The minimum Gasteiger partial charge on any atom is -0.467 e. The Kier molecular flexibility index (Phi) is 7.17. The van der Waals surface area contributed by atoms with Gasteiger partial charge in [0.25, 0.3) is 5.91 Å². The first-order chi connectivity index (χ1) is 17.4. The van der Waals surface area contributed by atoms with Gasteiger partial charge in [-0.15, -0.1) is 11.3 Å². The summed E-state index contributed by atoms with van der Waals surface area (Å²) in [7, 11) is -3.75. The molecule has 5 rings (SSSR count). The van der Waals surface area contributed by atoms with Gasteiger partial charge in [0.1, 0.15) is 11.2 Å². The smallest absolute Gasteiger partial charge is 0.262 e. The number of anilines is 1. The number of hydrogen-bond acceptors (Lipinski definition) is 8. The van der Waals surface area contributed by atoms with Crippen molar-refractivity contribution in [1.82, 2.24) is 14.3 Å². The molecular weight excluding hydrogens is 524 g/mol. The molecule has 0 aliphatic carbocycles. The van der Waals surface area contributed by atoms with Crippen molar-refractivity contribution in [2.45, 2.75) is 4.90 Å². The number of fused-ring (bicyclic) bond motifs is 1. The first-order valence-electron chi connectivity index (χ1n) is 11.0. The van der Waals surface area contributed by atoms with Crippen LogP contribution in [0, 0.1) is 0 Å². The number of hydrogen-bond donors (Lipinski definition) is 1. The van der Waals surface area contributed by atoms with E-state index in [0.717, 1.165) is 21.3 Å². The number of benzene rings is 2. The van der Waals surface area contributed by atoms with Crippen LogP contribution in [0.15, 0.2) is 65.1 Å². The third-order valence-corrected chi connectivity index (χ3v) is 8.69. The van der Waals surface area contributed by atoms with Gasteiger partial charge in [-0.2, -0.15) is 4.31 Å². The summed E-state index contributed by atoms with van der Waals surface area (Å²) >= 11 is 7.70. The second kappa shape index (κ2) is 10.5. The largest absolute Gasteiger partial charge is 0.467 e. The molecule has 186 valence electrons. The minimum atomic E-state index is -3.75. The maximum Gasteiger partial charge on any atom is 0.262 e. The molecule has 0 atom stereocenters. The number of ether oxygens (including phenoxy) is 2. The van der Waals surface area contributed by atoms with Crippen molar-refractivity contribution in [1.29, 1.82) is 0 Å². The number of sulfonamides is 1. The first kappa shape index (κ1) is 24.6. The normalized spacial score (nSPS) is 14.6. The summed E-state index contributed by atoms with van der Waals surface area (Å²) < 4.78 is 38.3. The Morgan fingerprint density at radius 1 is 1.14 bits per heavy atom. The minimum absolute atomic E-state index is 0.0355. The number of rotatable bonds is 7. The van der Waals surface area contributed by atoms with Gasteiger partial charge in [0, 0.05) is 24.0 Å². The Morgan fingerprint density at radius 2 is 1.92 bits per heavy atom. The highest BCUT2D eigenvalue weighted by Crippen LogP contribution is 2.37. The highest BCUT2D eigenvalue weighted by Gasteiger charge is 2.27. The molecule has 1 N–H and O–H groups in total. The molecule has 1 fully saturated rings. The number of aromatic nitrogens is 2. The van der Waals surface area contributed by atoms with E-state index in [4.69, 9.17) is 21.1 Å². The number of thiophene rings is 1. The SMILES string of the molecule is O=C(COc1ncnc2scc(-c3ccccc3)c12)Nc1cc(S(=O)(=O)N2CCOCC2)ccc1Cl. The van der Waals surface area contributed by atoms with Gasteiger partial charge in [-0.05, 0) is 23.8 Å². The fourth-order valence-electron chi connectivity index (χ4n) is 3.80. The number of amides is 1. The van der Waals surface area contributed by atoms with Gasteiger partial charge in [-0.1, -0.05) is 41.9 Å². The van der Waals surface area contributed by atoms with E-state index in [1.54, 1.807) is 0 Å². The predicted octanol–water partition coefficient (Wildman–Crippen LogP) is 4.05. The summed E-state index contributed by atoms with van der Waals surface area (Å²) in [5.74, 6) is -0.230. The molecule has 0 bridgehead atoms. The van der Waals surface area contributed by atoms with E-state index < -0.39 is 15.9 Å². The van der Waals surface area contributed by atoms with Crippen LogP contribution in [0.3, 0.4) is 0 Å². The first-order valence-corrected chi connectivity index (χ1v) is 13.7. The average molecular weight is 545 g/mol. The van der Waals surface area contributed by atoms with Gasteiger partial charge in [-0.3, -0.25) is 4.79 Å². The van der Waals surface area contributed by atoms with Crippen molar-refractivity contribution in [2.24, 2.45) is 0 Å². The molecule has 1 saturated heterocycles. The average Bonchev–Trinajstić information content (AvgIpc) is 3.35. The molecule has 1 aliphatic rings. The zero-order chi connectivity index (χ0) is 25.1. The molecule has 0 unspecified atom stereocenters. The number of carbonyl (C=O) groups excluding carboxylic acids is 1. The molecule has 0 saturated carbocycles. The number of carbonyl (C=O) groups is 1. The van der Waals surface area contributed by atoms with E-state index in [9.17, 15) is 13.2 Å². The fraction of sp³-hybridized carbons (Fsp3) is 0.208. The summed E-state index contributed by atoms with van der Waals surface area (Å²) in [6, 6.07) is 14.0. The number of nitrogens with one attached hydrogen (secondary N) is 1. The molecular formula is C24H21ClN4O5S2. The summed E-state index contributed by atoms with van der Waals surface area (Å²) in [5, 5.41) is 5.54. The zero-order valence-electron chi connectivity index (χ0n) is 18.9. The monoisotopic (exact) mass is 544 g/mol. The van der Waals surface area contributed by atoms with E-state index in [-0.39, 0.29) is 41.2 Å². The van der Waals surface area contributed by atoms with Gasteiger partial charge in [0.05, 0.1) is 34.2 Å². The molecule has 2 aromatic carbocycles. The molecule has 36 heavy (non-hydrogen) atoms. The van der Waals surface area contributed by atoms with Crippen molar-refractivity contribution in [3.05, 3.63) is 65.3 Å². The Labute approximate surface area is 216 Å². The van der Waals surface area contributed by atoms with Crippen LogP contribution in [0.25, 0.3) is 21.3 Å². The van der Waals surface area contributed by atoms with Crippen LogP contribution < -0.4 is 10.1 Å². The molecule has 3 heterocycles. The van der Waals surface area contributed by atoms with Crippen molar-refractivity contribution in [3.63, 3.8) is 0 Å². The van der Waals surface area contributed by atoms with E-state index in [1.807, 2.05) is 35.7 Å². The molecule has 1 amide bonds. The van der Waals surface area contributed by atoms with Gasteiger partial charge >= 0.3 is 0 Å². The number of morpholine rings is 1. The van der Waals surface area contributed by atoms with E-state index in [2.05, 4.69) is 15.3 Å². The molecule has 12 heteroatoms. The van der Waals surface area contributed by atoms with Crippen molar-refractivity contribution in [3.8, 4) is 17.0 Å². The second-order valence-electron chi connectivity index (χ2n) is 7.87. The quantitative estimate of drug-likeness (QED) is 0.373. The van der Waals surface area contributed by atoms with Crippen LogP contribution in [0.2, 0.25) is 5.02 Å². The molecule has 2 aromatic heterocycles. The lowest BCUT2D eigenvalue weighted by Crippen LogP contribution is -2.40. The van der Waals surface area contributed by atoms with Crippen molar-refractivity contribution < 1.29 is 22.7 Å². The van der Waals surface area contributed by atoms with Gasteiger partial charge in [0.15, 0.2) is 6.61 Å². The third kappa shape index (κ3) is 5.06. The van der Waals surface area contributed by atoms with Crippen LogP contribution in [0.1, 0.15) is 0 Å². The summed E-state index contributed by atoms with van der Waals surface area (Å²) in [4.78, 5) is 22.0. The van der Waals surface area contributed by atoms with Crippen molar-refractivity contribution in [2.75, 3.05) is 38.2 Å². The van der Waals surface area contributed by atoms with Crippen LogP contribution in [0.4, 0.5) is 5.69 Å². The van der Waals surface area contributed by atoms with E-state index in [1.165, 1.54) is 40.2 Å². The molecule has 9 nitrogen and oxygen atoms in total. The molecule has 0 radical (unpaired) electrons. The summed E-state index contributed by atoms with van der Waals surface area (Å²) in [5.41, 5.74) is 2.07. The summed E-state index contributed by atoms with van der Waals surface area (Å²) in [6.07, 6.45) is 1.39. The molecule has 4 aromatic rings. The second-order valence-corrected chi connectivity index (χ2v) is 11.1. The standard InChI is InChI=1S/C24H21ClN4O5S2/c25-19-7-6-17(36(31,32)29-8-10-33-11-9-29)12-20(19)28-21(30)13-34-23-22-18(16-4-2-1-3-5-16)14-35-24(22)27-15-26-23/h1-7,12,14-15H,8-11,13H2,(H,28,30). The molecule has 1 aliphatic heterocycles. The third-order valence-electron chi connectivity index (χ3n) is 5.58. The van der Waals surface area contributed by atoms with Crippen molar-refractivity contribution >= 4 is 54.8 Å². The lowest BCUT2D eigenvalue weighted by Gasteiger charge is -2.26. The maximum absolute atomic E-state index is 13.0. The summed E-state index contributed by atoms with van der Waals surface area (Å²) in [6.45, 7) is 0.843. The topological polar surface area (TPSA) is 111 Å². The van der Waals surface area contributed by atoms with E-state index in [0.29, 0.717) is 13.2 Å². The highest BCUT2D eigenvalue weighted by atomic mass is 35.5. The fourth-order valence-corrected chi connectivity index (χ4v) is 6.31. The Hall–Kier alpha value is -3.09. The van der Waals surface area contributed by atoms with Gasteiger partial charge in [0.2, 0.25) is 15.9 Å². The lowest BCUT2D eigenvalue weighted by atomic mass is 10.1. The van der Waals surface area contributed by atoms with Gasteiger partial charge in [-0.25, -0.2) is 18.4 Å². The lowest BCUT2D eigenvalue weighted by molar-refractivity contribution is -0.118. The number of halogens is 1. The predicted molar refractivity (Wildman–Crippen MR) is 138 cm³/mol. The zero-order valence-corrected chi connectivity index (χ0v) is 21.3. The highest BCUT2D eigenvalue weighted by molar-refractivity contribution is 7.89. The number of nitrogens with zero attached hydrogens (tertiary/aromatic N) is 3. The van der Waals surface area contributed by atoms with Crippen LogP contribution in [-0.4, -0.2) is 61.5 Å². The Morgan fingerprint density at radius 3 is 2.69 bits per heavy atom. The Balaban J connectivity index is 1.33. The van der Waals surface area contributed by atoms with Crippen LogP contribution in [0.5, 0.6) is 5.88 Å². The Bertz CT molecular complexity index is 1510. The van der Waals surface area contributed by atoms with E-state index >= 15 is 0 Å². The maximum atomic E-state index is 13.0. The molecule has 0 spiro atoms. The van der Waals surface area contributed by atoms with Gasteiger partial charge < -0.3 is 14.8 Å². The van der Waals surface area contributed by atoms with Crippen LogP contribution >= 0.6 is 22.9 Å². The van der Waals surface area contributed by atoms with Crippen LogP contribution in [-0.2, 0) is 19.6 Å².